The lowest BCUT2D eigenvalue weighted by molar-refractivity contribution is 0.104. The molecule has 1 aromatic rings. The first kappa shape index (κ1) is 9.52. The van der Waals surface area contributed by atoms with Crippen molar-refractivity contribution in [3.8, 4) is 0 Å². The van der Waals surface area contributed by atoms with Gasteiger partial charge in [0.15, 0.2) is 5.78 Å². The molecule has 0 unspecified atom stereocenters. The van der Waals surface area contributed by atoms with Crippen molar-refractivity contribution in [2.45, 2.75) is 13.8 Å². The highest BCUT2D eigenvalue weighted by Gasteiger charge is 2.08. The second-order valence-corrected chi connectivity index (χ2v) is 3.02. The fourth-order valence-corrected chi connectivity index (χ4v) is 1.22. The number of allylic oxidation sites excluding steroid dienone is 1. The summed E-state index contributed by atoms with van der Waals surface area (Å²) >= 11 is 0. The predicted octanol–water partition coefficient (Wildman–Crippen LogP) is 2.25. The van der Waals surface area contributed by atoms with Gasteiger partial charge in [-0.2, -0.15) is 0 Å². The van der Waals surface area contributed by atoms with Gasteiger partial charge >= 0.3 is 0 Å². The minimum Gasteiger partial charge on any atom is -0.399 e. The lowest BCUT2D eigenvalue weighted by Crippen LogP contribution is -2.01. The van der Waals surface area contributed by atoms with E-state index in [-0.39, 0.29) is 5.78 Å². The largest absolute Gasteiger partial charge is 0.399 e. The average molecular weight is 175 g/mol. The molecule has 0 heterocycles. The third-order valence-electron chi connectivity index (χ3n) is 2.28. The van der Waals surface area contributed by atoms with E-state index in [0.29, 0.717) is 5.56 Å². The maximum atomic E-state index is 11.3. The molecule has 0 amide bonds. The fraction of sp³-hybridized carbons (Fsp3) is 0.182. The summed E-state index contributed by atoms with van der Waals surface area (Å²) < 4.78 is 0. The minimum absolute atomic E-state index is 0.0550. The summed E-state index contributed by atoms with van der Waals surface area (Å²) in [4.78, 5) is 11.3. The number of nitrogen functional groups attached to an aromatic ring is 1. The summed E-state index contributed by atoms with van der Waals surface area (Å²) in [5, 5.41) is 0. The maximum absolute atomic E-state index is 11.3. The van der Waals surface area contributed by atoms with E-state index in [1.807, 2.05) is 13.8 Å². The predicted molar refractivity (Wildman–Crippen MR) is 54.9 cm³/mol. The molecule has 1 rings (SSSR count). The molecule has 2 heteroatoms. The molecule has 0 aliphatic heterocycles. The van der Waals surface area contributed by atoms with Crippen LogP contribution in [0.3, 0.4) is 0 Å². The Labute approximate surface area is 78.1 Å². The number of carbonyl (C=O) groups is 1. The van der Waals surface area contributed by atoms with Gasteiger partial charge in [-0.3, -0.25) is 4.79 Å². The molecule has 0 saturated carbocycles. The van der Waals surface area contributed by atoms with E-state index >= 15 is 0 Å². The van der Waals surface area contributed by atoms with Crippen molar-refractivity contribution >= 4 is 11.5 Å². The highest BCUT2D eigenvalue weighted by Crippen LogP contribution is 2.19. The third-order valence-corrected chi connectivity index (χ3v) is 2.28. The molecule has 68 valence electrons. The van der Waals surface area contributed by atoms with E-state index in [1.54, 1.807) is 12.1 Å². The van der Waals surface area contributed by atoms with Gasteiger partial charge in [0.2, 0.25) is 0 Å². The summed E-state index contributed by atoms with van der Waals surface area (Å²) in [5.74, 6) is -0.0550. The maximum Gasteiger partial charge on any atom is 0.185 e. The Morgan fingerprint density at radius 3 is 2.54 bits per heavy atom. The Morgan fingerprint density at radius 2 is 2.00 bits per heavy atom. The number of hydrogen-bond donors (Lipinski definition) is 1. The van der Waals surface area contributed by atoms with Gasteiger partial charge in [0.25, 0.3) is 0 Å². The monoisotopic (exact) mass is 175 g/mol. The molecule has 0 radical (unpaired) electrons. The molecule has 0 atom stereocenters. The second-order valence-electron chi connectivity index (χ2n) is 3.02. The van der Waals surface area contributed by atoms with Crippen molar-refractivity contribution < 1.29 is 4.79 Å². The minimum atomic E-state index is -0.0550. The number of rotatable bonds is 2. The molecule has 0 fully saturated rings. The van der Waals surface area contributed by atoms with Crippen LogP contribution in [0, 0.1) is 13.8 Å². The smallest absolute Gasteiger partial charge is 0.185 e. The summed E-state index contributed by atoms with van der Waals surface area (Å²) in [5.41, 5.74) is 9.00. The Morgan fingerprint density at radius 1 is 1.38 bits per heavy atom. The lowest BCUT2D eigenvalue weighted by Gasteiger charge is -2.07. The van der Waals surface area contributed by atoms with Crippen molar-refractivity contribution in [3.63, 3.8) is 0 Å². The molecule has 0 aromatic heterocycles. The van der Waals surface area contributed by atoms with Crippen molar-refractivity contribution in [3.05, 3.63) is 41.5 Å². The molecule has 0 aliphatic carbocycles. The number of hydrogen-bond acceptors (Lipinski definition) is 2. The van der Waals surface area contributed by atoms with Gasteiger partial charge in [-0.05, 0) is 43.2 Å². The quantitative estimate of drug-likeness (QED) is 0.425. The first-order valence-electron chi connectivity index (χ1n) is 4.10. The number of anilines is 1. The Kier molecular flexibility index (Phi) is 2.52. The molecule has 2 N–H and O–H groups in total. The number of benzene rings is 1. The third kappa shape index (κ3) is 1.61. The van der Waals surface area contributed by atoms with Crippen LogP contribution in [0.15, 0.2) is 24.8 Å². The summed E-state index contributed by atoms with van der Waals surface area (Å²) in [6.07, 6.45) is 1.32. The zero-order chi connectivity index (χ0) is 10.0. The first-order valence-corrected chi connectivity index (χ1v) is 4.10. The normalized spacial score (nSPS) is 9.69. The van der Waals surface area contributed by atoms with Gasteiger partial charge in [-0.1, -0.05) is 6.58 Å². The molecular weight excluding hydrogens is 162 g/mol. The molecule has 1 aromatic carbocycles. The van der Waals surface area contributed by atoms with E-state index < -0.39 is 0 Å². The summed E-state index contributed by atoms with van der Waals surface area (Å²) in [7, 11) is 0. The van der Waals surface area contributed by atoms with Crippen molar-refractivity contribution in [1.82, 2.24) is 0 Å². The van der Waals surface area contributed by atoms with E-state index in [9.17, 15) is 4.79 Å². The van der Waals surface area contributed by atoms with Crippen LogP contribution in [0.25, 0.3) is 0 Å². The van der Waals surface area contributed by atoms with Crippen molar-refractivity contribution in [1.29, 1.82) is 0 Å². The Balaban J connectivity index is 3.33. The van der Waals surface area contributed by atoms with E-state index in [2.05, 4.69) is 6.58 Å². The highest BCUT2D eigenvalue weighted by molar-refractivity contribution is 6.05. The zero-order valence-electron chi connectivity index (χ0n) is 7.92. The number of carbonyl (C=O) groups excluding carboxylic acids is 1. The summed E-state index contributed by atoms with van der Waals surface area (Å²) in [6.45, 7) is 7.25. The molecular formula is C11H13NO. The van der Waals surface area contributed by atoms with Crippen LogP contribution in [0.2, 0.25) is 0 Å². The molecule has 0 saturated heterocycles. The van der Waals surface area contributed by atoms with Crippen LogP contribution in [-0.2, 0) is 0 Å². The standard InChI is InChI=1S/C11H13NO/c1-4-11(13)9-5-6-10(12)8(3)7(9)2/h4-6H,1,12H2,2-3H3. The van der Waals surface area contributed by atoms with Crippen LogP contribution in [0.1, 0.15) is 21.5 Å². The van der Waals surface area contributed by atoms with Gasteiger partial charge in [0, 0.05) is 11.3 Å². The summed E-state index contributed by atoms with van der Waals surface area (Å²) in [6, 6.07) is 3.49. The number of ketones is 1. The number of nitrogens with two attached hydrogens (primary N) is 1. The molecule has 13 heavy (non-hydrogen) atoms. The lowest BCUT2D eigenvalue weighted by atomic mass is 9.99. The zero-order valence-corrected chi connectivity index (χ0v) is 7.92. The van der Waals surface area contributed by atoms with E-state index in [4.69, 9.17) is 5.73 Å². The van der Waals surface area contributed by atoms with E-state index in [0.717, 1.165) is 16.8 Å². The van der Waals surface area contributed by atoms with Crippen molar-refractivity contribution in [2.75, 3.05) is 5.73 Å². The van der Waals surface area contributed by atoms with Crippen LogP contribution in [0.5, 0.6) is 0 Å². The van der Waals surface area contributed by atoms with Gasteiger partial charge in [0.1, 0.15) is 0 Å². The highest BCUT2D eigenvalue weighted by atomic mass is 16.1. The van der Waals surface area contributed by atoms with Crippen LogP contribution in [0.4, 0.5) is 5.69 Å². The van der Waals surface area contributed by atoms with Gasteiger partial charge in [-0.25, -0.2) is 0 Å². The Hall–Kier alpha value is -1.57. The van der Waals surface area contributed by atoms with Gasteiger partial charge in [-0.15, -0.1) is 0 Å². The van der Waals surface area contributed by atoms with Crippen LogP contribution >= 0.6 is 0 Å². The Bertz CT molecular complexity index is 367. The SMILES string of the molecule is C=CC(=O)c1ccc(N)c(C)c1C. The first-order chi connectivity index (χ1) is 6.07. The second kappa shape index (κ2) is 3.44. The topological polar surface area (TPSA) is 43.1 Å². The fourth-order valence-electron chi connectivity index (χ4n) is 1.22. The van der Waals surface area contributed by atoms with E-state index in [1.165, 1.54) is 6.08 Å². The van der Waals surface area contributed by atoms with Gasteiger partial charge in [0.05, 0.1) is 0 Å². The molecule has 0 spiro atoms. The van der Waals surface area contributed by atoms with Crippen LogP contribution < -0.4 is 5.73 Å². The van der Waals surface area contributed by atoms with Crippen LogP contribution in [-0.4, -0.2) is 5.78 Å². The average Bonchev–Trinajstić information content (AvgIpc) is 2.13. The molecule has 0 bridgehead atoms. The molecule has 2 nitrogen and oxygen atoms in total. The van der Waals surface area contributed by atoms with Gasteiger partial charge < -0.3 is 5.73 Å². The molecule has 0 aliphatic rings. The van der Waals surface area contributed by atoms with Crippen molar-refractivity contribution in [2.24, 2.45) is 0 Å².